The summed E-state index contributed by atoms with van der Waals surface area (Å²) in [6.07, 6.45) is -0.191. The molecule has 0 saturated heterocycles. The fourth-order valence-corrected chi connectivity index (χ4v) is 5.48. The quantitative estimate of drug-likeness (QED) is 0.222. The molecule has 0 radical (unpaired) electrons. The molecule has 4 aromatic carbocycles. The molecule has 6 nitrogen and oxygen atoms in total. The number of fused-ring (bicyclic) bond motifs is 2. The van der Waals surface area contributed by atoms with Crippen LogP contribution in [-0.2, 0) is 26.7 Å². The van der Waals surface area contributed by atoms with Crippen molar-refractivity contribution in [3.05, 3.63) is 83.9 Å². The number of hydrogen-bond acceptors (Lipinski definition) is 6. The molecule has 10 heteroatoms. The van der Waals surface area contributed by atoms with E-state index in [4.69, 9.17) is 0 Å². The van der Waals surface area contributed by atoms with Crippen molar-refractivity contribution in [3.63, 3.8) is 0 Å². The minimum absolute atomic E-state index is 0. The smallest absolute Gasteiger partial charge is 0.744 e. The van der Waals surface area contributed by atoms with Crippen LogP contribution in [0.4, 0.5) is 0 Å². The van der Waals surface area contributed by atoms with E-state index < -0.39 is 30.0 Å². The maximum atomic E-state index is 12.0. The van der Waals surface area contributed by atoms with Crippen LogP contribution in [0.5, 0.6) is 0 Å². The third kappa shape index (κ3) is 5.95. The maximum Gasteiger partial charge on any atom is 1.00 e. The zero-order valence-electron chi connectivity index (χ0n) is 16.9. The molecule has 0 atom stereocenters. The van der Waals surface area contributed by atoms with E-state index in [1.807, 2.05) is 0 Å². The van der Waals surface area contributed by atoms with Crippen LogP contribution < -0.4 is 103 Å². The van der Waals surface area contributed by atoms with Crippen molar-refractivity contribution in [2.75, 3.05) is 0 Å². The van der Waals surface area contributed by atoms with Gasteiger partial charge in [-0.1, -0.05) is 72.8 Å². The van der Waals surface area contributed by atoms with Crippen molar-refractivity contribution >= 4 is 41.8 Å². The topological polar surface area (TPSA) is 114 Å². The van der Waals surface area contributed by atoms with E-state index in [2.05, 4.69) is 0 Å². The Bertz CT molecular complexity index is 1370. The molecule has 0 aliphatic rings. The van der Waals surface area contributed by atoms with Gasteiger partial charge >= 0.3 is 103 Å². The molecule has 0 aliphatic heterocycles. The summed E-state index contributed by atoms with van der Waals surface area (Å²) < 4.78 is 72.1. The number of rotatable bonds is 4. The van der Waals surface area contributed by atoms with Crippen LogP contribution >= 0.6 is 0 Å². The average molecular weight is 505 g/mol. The van der Waals surface area contributed by atoms with E-state index in [0.29, 0.717) is 10.8 Å². The second kappa shape index (κ2) is 10.8. The van der Waals surface area contributed by atoms with Gasteiger partial charge in [-0.3, -0.25) is 0 Å². The molecule has 0 saturated carbocycles. The van der Waals surface area contributed by atoms with Gasteiger partial charge in [0, 0.05) is 0 Å². The molecule has 0 amide bonds. The van der Waals surface area contributed by atoms with Gasteiger partial charge in [0.2, 0.25) is 0 Å². The molecule has 0 heterocycles. The van der Waals surface area contributed by atoms with Gasteiger partial charge in [0.15, 0.2) is 0 Å². The van der Waals surface area contributed by atoms with E-state index in [1.165, 1.54) is 24.3 Å². The van der Waals surface area contributed by atoms with Gasteiger partial charge in [-0.25, -0.2) is 16.8 Å². The zero-order chi connectivity index (χ0) is 20.8. The molecule has 4 aromatic rings. The summed E-state index contributed by atoms with van der Waals surface area (Å²) in [5.74, 6) is 0. The van der Waals surface area contributed by atoms with E-state index in [-0.39, 0.29) is 131 Å². The van der Waals surface area contributed by atoms with Crippen molar-refractivity contribution in [2.45, 2.75) is 16.2 Å². The minimum Gasteiger partial charge on any atom is -0.744 e. The predicted molar refractivity (Wildman–Crippen MR) is 107 cm³/mol. The minimum atomic E-state index is -4.85. The fraction of sp³-hybridized carbons (Fsp3) is 0.0476. The Morgan fingerprint density at radius 2 is 0.903 bits per heavy atom. The third-order valence-corrected chi connectivity index (χ3v) is 6.77. The van der Waals surface area contributed by atoms with Crippen LogP contribution in [-0.4, -0.2) is 25.9 Å². The van der Waals surface area contributed by atoms with Crippen LogP contribution in [0.15, 0.2) is 82.6 Å². The molecular weight excluding hydrogens is 491 g/mol. The molecule has 4 rings (SSSR count). The van der Waals surface area contributed by atoms with Crippen LogP contribution in [0.2, 0.25) is 0 Å². The van der Waals surface area contributed by atoms with Gasteiger partial charge in [0.25, 0.3) is 0 Å². The summed E-state index contributed by atoms with van der Waals surface area (Å²) in [7, 11) is -9.70. The van der Waals surface area contributed by atoms with Gasteiger partial charge in [-0.05, 0) is 39.1 Å². The van der Waals surface area contributed by atoms with E-state index in [1.54, 1.807) is 48.5 Å². The van der Waals surface area contributed by atoms with Crippen molar-refractivity contribution in [2.24, 2.45) is 0 Å². The molecule has 0 bridgehead atoms. The molecule has 148 valence electrons. The summed E-state index contributed by atoms with van der Waals surface area (Å²) in [4.78, 5) is -0.809. The second-order valence-corrected chi connectivity index (χ2v) is 9.27. The molecule has 31 heavy (non-hydrogen) atoms. The molecule has 0 fully saturated rings. The number of benzene rings is 4. The number of hydrogen-bond donors (Lipinski definition) is 0. The van der Waals surface area contributed by atoms with Gasteiger partial charge in [-0.2, -0.15) is 0 Å². The monoisotopic (exact) mass is 504 g/mol. The molecule has 0 unspecified atom stereocenters. The summed E-state index contributed by atoms with van der Waals surface area (Å²) >= 11 is 0. The summed E-state index contributed by atoms with van der Waals surface area (Å²) in [6.45, 7) is 0. The van der Waals surface area contributed by atoms with Crippen molar-refractivity contribution < 1.29 is 129 Å². The Kier molecular flexibility index (Phi) is 9.69. The van der Waals surface area contributed by atoms with Gasteiger partial charge in [0.1, 0.15) is 20.2 Å². The molecular formula is C21H14K2O6S2. The Labute approximate surface area is 265 Å². The first-order valence-corrected chi connectivity index (χ1v) is 11.4. The van der Waals surface area contributed by atoms with Crippen molar-refractivity contribution in [1.82, 2.24) is 0 Å². The van der Waals surface area contributed by atoms with Crippen LogP contribution in [0.3, 0.4) is 0 Å². The zero-order valence-corrected chi connectivity index (χ0v) is 24.8. The fourth-order valence-electron chi connectivity index (χ4n) is 3.65. The van der Waals surface area contributed by atoms with E-state index in [9.17, 15) is 25.9 Å². The Morgan fingerprint density at radius 1 is 0.548 bits per heavy atom. The summed E-state index contributed by atoms with van der Waals surface area (Å²) in [5, 5.41) is 1.65. The Morgan fingerprint density at radius 3 is 1.26 bits per heavy atom. The van der Waals surface area contributed by atoms with Crippen LogP contribution in [0.1, 0.15) is 11.1 Å². The maximum absolute atomic E-state index is 12.0. The summed E-state index contributed by atoms with van der Waals surface area (Å²) in [6, 6.07) is 19.3. The van der Waals surface area contributed by atoms with Gasteiger partial charge in [0.05, 0.1) is 9.79 Å². The molecule has 0 N–H and O–H groups in total. The van der Waals surface area contributed by atoms with Crippen molar-refractivity contribution in [3.8, 4) is 0 Å². The molecule has 0 spiro atoms. The van der Waals surface area contributed by atoms with Gasteiger partial charge < -0.3 is 9.11 Å². The van der Waals surface area contributed by atoms with Crippen molar-refractivity contribution in [1.29, 1.82) is 0 Å². The van der Waals surface area contributed by atoms with Crippen LogP contribution in [0.25, 0.3) is 21.5 Å². The first kappa shape index (κ1) is 27.7. The van der Waals surface area contributed by atoms with Crippen LogP contribution in [0, 0.1) is 0 Å². The first-order chi connectivity index (χ1) is 13.7. The third-order valence-electron chi connectivity index (χ3n) is 4.80. The average Bonchev–Trinajstić information content (AvgIpc) is 2.65. The summed E-state index contributed by atoms with van der Waals surface area (Å²) in [5.41, 5.74) is 0.276. The standard InChI is InChI=1S/C21H16O6S2.2K/c22-28(23,24)20-16(11-9-14-5-1-3-7-18(14)20)13-17-12-10-15-6-2-4-8-19(15)21(17)29(25,26)27;;/h1-12H,13H2,(H,22,23,24)(H,25,26,27);;/q;2*+1/p-2. The Balaban J connectivity index is 0.00000171. The predicted octanol–water partition coefficient (Wildman–Crippen LogP) is -2.60. The second-order valence-electron chi connectivity index (χ2n) is 6.63. The Hall–Kier alpha value is 0.493. The first-order valence-electron chi connectivity index (χ1n) is 8.59. The van der Waals surface area contributed by atoms with E-state index >= 15 is 0 Å². The largest absolute Gasteiger partial charge is 1.00 e. The normalized spacial score (nSPS) is 11.7. The SMILES string of the molecule is O=S(=O)([O-])c1c(Cc2ccc3ccccc3c2S(=O)(=O)[O-])ccc2ccccc12.[K+].[K+]. The molecule has 0 aliphatic carbocycles. The van der Waals surface area contributed by atoms with Gasteiger partial charge in [-0.15, -0.1) is 0 Å². The van der Waals surface area contributed by atoms with E-state index in [0.717, 1.165) is 0 Å². The molecule has 0 aromatic heterocycles.